The van der Waals surface area contributed by atoms with Crippen molar-refractivity contribution in [1.29, 1.82) is 0 Å². The molecular formula is C8H14O2. The van der Waals surface area contributed by atoms with Crippen molar-refractivity contribution in [2.45, 2.75) is 44.5 Å². The van der Waals surface area contributed by atoms with Crippen LogP contribution in [-0.4, -0.2) is 18.5 Å². The normalized spacial score (nSPS) is 47.1. The standard InChI is InChI=1S/C8H14O2/c1-8-5-2-3-7(10-8)4-6-9-8/h7H,2-6H2,1H3. The first-order chi connectivity index (χ1) is 4.79. The molecule has 0 amide bonds. The van der Waals surface area contributed by atoms with Gasteiger partial charge >= 0.3 is 0 Å². The first kappa shape index (κ1) is 6.62. The quantitative estimate of drug-likeness (QED) is 0.512. The van der Waals surface area contributed by atoms with E-state index in [0.29, 0.717) is 6.10 Å². The summed E-state index contributed by atoms with van der Waals surface area (Å²) < 4.78 is 11.2. The van der Waals surface area contributed by atoms with Gasteiger partial charge in [-0.3, -0.25) is 0 Å². The molecular weight excluding hydrogens is 128 g/mol. The summed E-state index contributed by atoms with van der Waals surface area (Å²) >= 11 is 0. The molecule has 0 spiro atoms. The van der Waals surface area contributed by atoms with E-state index in [1.54, 1.807) is 0 Å². The van der Waals surface area contributed by atoms with Gasteiger partial charge in [0.1, 0.15) is 0 Å². The van der Waals surface area contributed by atoms with Crippen LogP contribution in [0.5, 0.6) is 0 Å². The van der Waals surface area contributed by atoms with Gasteiger partial charge in [-0.15, -0.1) is 0 Å². The van der Waals surface area contributed by atoms with E-state index in [2.05, 4.69) is 6.92 Å². The molecule has 2 aliphatic rings. The summed E-state index contributed by atoms with van der Waals surface area (Å²) in [5, 5.41) is 0. The molecule has 2 aliphatic heterocycles. The van der Waals surface area contributed by atoms with Crippen LogP contribution in [0.2, 0.25) is 0 Å². The van der Waals surface area contributed by atoms with Gasteiger partial charge in [0.05, 0.1) is 12.7 Å². The van der Waals surface area contributed by atoms with Crippen molar-refractivity contribution < 1.29 is 9.47 Å². The fourth-order valence-electron chi connectivity index (χ4n) is 1.84. The average molecular weight is 142 g/mol. The van der Waals surface area contributed by atoms with E-state index in [1.807, 2.05) is 0 Å². The zero-order chi connectivity index (χ0) is 7.03. The van der Waals surface area contributed by atoms with Gasteiger partial charge in [0, 0.05) is 6.42 Å². The number of fused-ring (bicyclic) bond motifs is 2. The highest BCUT2D eigenvalue weighted by Gasteiger charge is 2.36. The van der Waals surface area contributed by atoms with Crippen molar-refractivity contribution in [3.63, 3.8) is 0 Å². The third-order valence-corrected chi connectivity index (χ3v) is 2.42. The number of hydrogen-bond acceptors (Lipinski definition) is 2. The molecule has 0 saturated carbocycles. The third-order valence-electron chi connectivity index (χ3n) is 2.42. The van der Waals surface area contributed by atoms with Crippen LogP contribution < -0.4 is 0 Å². The van der Waals surface area contributed by atoms with Crippen LogP contribution in [0.15, 0.2) is 0 Å². The highest BCUT2D eigenvalue weighted by Crippen LogP contribution is 2.34. The lowest BCUT2D eigenvalue weighted by molar-refractivity contribution is -0.302. The maximum absolute atomic E-state index is 5.69. The smallest absolute Gasteiger partial charge is 0.165 e. The van der Waals surface area contributed by atoms with Gasteiger partial charge in [0.2, 0.25) is 0 Å². The molecule has 2 heteroatoms. The second kappa shape index (κ2) is 2.21. The maximum atomic E-state index is 5.69. The Balaban J connectivity index is 2.07. The Labute approximate surface area is 61.5 Å². The lowest BCUT2D eigenvalue weighted by Gasteiger charge is -2.42. The topological polar surface area (TPSA) is 18.5 Å². The summed E-state index contributed by atoms with van der Waals surface area (Å²) in [6.45, 7) is 2.94. The Morgan fingerprint density at radius 3 is 3.00 bits per heavy atom. The third kappa shape index (κ3) is 1.06. The van der Waals surface area contributed by atoms with E-state index < -0.39 is 0 Å². The minimum absolute atomic E-state index is 0.221. The molecule has 0 N–H and O–H groups in total. The van der Waals surface area contributed by atoms with Crippen LogP contribution in [-0.2, 0) is 9.47 Å². The van der Waals surface area contributed by atoms with E-state index in [9.17, 15) is 0 Å². The molecule has 2 rings (SSSR count). The summed E-state index contributed by atoms with van der Waals surface area (Å²) in [6, 6.07) is 0. The zero-order valence-corrected chi connectivity index (χ0v) is 6.43. The van der Waals surface area contributed by atoms with Gasteiger partial charge < -0.3 is 9.47 Å². The van der Waals surface area contributed by atoms with E-state index >= 15 is 0 Å². The molecule has 2 heterocycles. The molecule has 0 aromatic carbocycles. The first-order valence-electron chi connectivity index (χ1n) is 4.10. The van der Waals surface area contributed by atoms with E-state index in [-0.39, 0.29) is 5.79 Å². The Morgan fingerprint density at radius 1 is 1.40 bits per heavy atom. The lowest BCUT2D eigenvalue weighted by atomic mass is 9.98. The van der Waals surface area contributed by atoms with Crippen molar-refractivity contribution in [2.24, 2.45) is 0 Å². The van der Waals surface area contributed by atoms with Crippen molar-refractivity contribution >= 4 is 0 Å². The van der Waals surface area contributed by atoms with Crippen LogP contribution >= 0.6 is 0 Å². The minimum atomic E-state index is -0.221. The zero-order valence-electron chi connectivity index (χ0n) is 6.43. The van der Waals surface area contributed by atoms with Crippen LogP contribution in [0, 0.1) is 0 Å². The fourth-order valence-corrected chi connectivity index (χ4v) is 1.84. The molecule has 2 saturated heterocycles. The van der Waals surface area contributed by atoms with Crippen molar-refractivity contribution in [3.05, 3.63) is 0 Å². The predicted octanol–water partition coefficient (Wildman–Crippen LogP) is 1.69. The molecule has 0 aromatic rings. The van der Waals surface area contributed by atoms with Crippen LogP contribution in [0.3, 0.4) is 0 Å². The molecule has 10 heavy (non-hydrogen) atoms. The molecule has 0 aromatic heterocycles. The van der Waals surface area contributed by atoms with Gasteiger partial charge in [0.15, 0.2) is 5.79 Å². The van der Waals surface area contributed by atoms with E-state index in [4.69, 9.17) is 9.47 Å². The van der Waals surface area contributed by atoms with Gasteiger partial charge in [-0.1, -0.05) is 0 Å². The van der Waals surface area contributed by atoms with Crippen molar-refractivity contribution in [1.82, 2.24) is 0 Å². The summed E-state index contributed by atoms with van der Waals surface area (Å²) in [6.07, 6.45) is 5.16. The first-order valence-corrected chi connectivity index (χ1v) is 4.10. The largest absolute Gasteiger partial charge is 0.350 e. The second-order valence-corrected chi connectivity index (χ2v) is 3.40. The van der Waals surface area contributed by atoms with Gasteiger partial charge in [-0.05, 0) is 26.2 Å². The highest BCUT2D eigenvalue weighted by molar-refractivity contribution is 4.78. The van der Waals surface area contributed by atoms with E-state index in [1.165, 1.54) is 12.8 Å². The Bertz CT molecular complexity index is 123. The fraction of sp³-hybridized carbons (Fsp3) is 1.00. The molecule has 2 bridgehead atoms. The van der Waals surface area contributed by atoms with Gasteiger partial charge in [0.25, 0.3) is 0 Å². The molecule has 0 aliphatic carbocycles. The molecule has 2 nitrogen and oxygen atoms in total. The van der Waals surface area contributed by atoms with Crippen LogP contribution in [0.1, 0.15) is 32.6 Å². The summed E-state index contributed by atoms with van der Waals surface area (Å²) in [4.78, 5) is 0. The summed E-state index contributed by atoms with van der Waals surface area (Å²) in [7, 11) is 0. The Hall–Kier alpha value is -0.0800. The van der Waals surface area contributed by atoms with Crippen molar-refractivity contribution in [2.75, 3.05) is 6.61 Å². The second-order valence-electron chi connectivity index (χ2n) is 3.40. The number of rotatable bonds is 0. The molecule has 0 radical (unpaired) electrons. The number of ether oxygens (including phenoxy) is 2. The molecule has 2 unspecified atom stereocenters. The van der Waals surface area contributed by atoms with Crippen LogP contribution in [0.25, 0.3) is 0 Å². The summed E-state index contributed by atoms with van der Waals surface area (Å²) in [5.41, 5.74) is 0. The molecule has 58 valence electrons. The van der Waals surface area contributed by atoms with Crippen molar-refractivity contribution in [3.8, 4) is 0 Å². The molecule has 2 atom stereocenters. The maximum Gasteiger partial charge on any atom is 0.165 e. The van der Waals surface area contributed by atoms with Crippen LogP contribution in [0.4, 0.5) is 0 Å². The lowest BCUT2D eigenvalue weighted by Crippen LogP contribution is -2.45. The Morgan fingerprint density at radius 2 is 2.30 bits per heavy atom. The van der Waals surface area contributed by atoms with Gasteiger partial charge in [-0.2, -0.15) is 0 Å². The average Bonchev–Trinajstić information content (AvgIpc) is 1.86. The van der Waals surface area contributed by atoms with E-state index in [0.717, 1.165) is 19.4 Å². The summed E-state index contributed by atoms with van der Waals surface area (Å²) in [5.74, 6) is -0.221. The SMILES string of the molecule is CC12CCCC(CCO1)O2. The monoisotopic (exact) mass is 142 g/mol. The highest BCUT2D eigenvalue weighted by atomic mass is 16.7. The molecule has 2 fully saturated rings. The predicted molar refractivity (Wildman–Crippen MR) is 37.7 cm³/mol. The number of hydrogen-bond donors (Lipinski definition) is 0. The van der Waals surface area contributed by atoms with Gasteiger partial charge in [-0.25, -0.2) is 0 Å². The Kier molecular flexibility index (Phi) is 1.46. The minimum Gasteiger partial charge on any atom is -0.350 e.